The molecule has 0 saturated heterocycles. The van der Waals surface area contributed by atoms with Crippen molar-refractivity contribution in [1.82, 2.24) is 4.98 Å². The molecule has 0 spiro atoms. The maximum Gasteiger partial charge on any atom is 0.0823 e. The van der Waals surface area contributed by atoms with Crippen LogP contribution in [0.4, 0.5) is 0 Å². The van der Waals surface area contributed by atoms with E-state index < -0.39 is 0 Å². The summed E-state index contributed by atoms with van der Waals surface area (Å²) in [5.41, 5.74) is 4.36. The molecule has 84 valence electrons. The van der Waals surface area contributed by atoms with Crippen LogP contribution in [-0.2, 0) is 5.75 Å². The molecule has 2 aromatic carbocycles. The lowest BCUT2D eigenvalue weighted by Gasteiger charge is -2.01. The van der Waals surface area contributed by atoms with Gasteiger partial charge in [-0.05, 0) is 23.8 Å². The number of fused-ring (bicyclic) bond motifs is 1. The fourth-order valence-corrected chi connectivity index (χ4v) is 3.21. The molecule has 1 nitrogen and oxygen atoms in total. The predicted octanol–water partition coefficient (Wildman–Crippen LogP) is 4.59. The highest BCUT2D eigenvalue weighted by Crippen LogP contribution is 2.27. The third-order valence-electron chi connectivity index (χ3n) is 2.55. The van der Waals surface area contributed by atoms with E-state index in [1.54, 1.807) is 11.3 Å². The van der Waals surface area contributed by atoms with Crippen LogP contribution in [0.1, 0.15) is 5.56 Å². The lowest BCUT2D eigenvalue weighted by atomic mass is 10.2. The largest absolute Gasteiger partial charge is 0.245 e. The number of nitrogens with zero attached hydrogens (tertiary/aromatic N) is 1. The number of thiazole rings is 1. The molecule has 1 aromatic heterocycles. The molecule has 3 rings (SSSR count). The van der Waals surface area contributed by atoms with Crippen LogP contribution in [0.25, 0.3) is 10.2 Å². The van der Waals surface area contributed by atoms with E-state index in [0.717, 1.165) is 11.3 Å². The maximum absolute atomic E-state index is 4.34. The topological polar surface area (TPSA) is 12.9 Å². The van der Waals surface area contributed by atoms with Crippen molar-refractivity contribution in [2.24, 2.45) is 0 Å². The van der Waals surface area contributed by atoms with Crippen molar-refractivity contribution < 1.29 is 0 Å². The molecule has 3 heteroatoms. The zero-order valence-electron chi connectivity index (χ0n) is 9.17. The third kappa shape index (κ3) is 2.51. The number of aromatic nitrogens is 1. The zero-order valence-corrected chi connectivity index (χ0v) is 10.8. The molecule has 17 heavy (non-hydrogen) atoms. The van der Waals surface area contributed by atoms with Gasteiger partial charge in [0.1, 0.15) is 0 Å². The second-order valence-electron chi connectivity index (χ2n) is 3.76. The molecular weight excluding hydrogens is 246 g/mol. The highest BCUT2D eigenvalue weighted by atomic mass is 32.2. The number of rotatable bonds is 3. The van der Waals surface area contributed by atoms with E-state index in [1.165, 1.54) is 15.2 Å². The summed E-state index contributed by atoms with van der Waals surface area (Å²) < 4.78 is 1.26. The average molecular weight is 257 g/mol. The van der Waals surface area contributed by atoms with E-state index in [0.29, 0.717) is 0 Å². The van der Waals surface area contributed by atoms with Crippen molar-refractivity contribution in [2.45, 2.75) is 10.6 Å². The molecule has 3 aromatic rings. The molecule has 0 aliphatic heterocycles. The quantitative estimate of drug-likeness (QED) is 0.637. The zero-order chi connectivity index (χ0) is 11.5. The first-order valence-corrected chi connectivity index (χ1v) is 7.28. The maximum atomic E-state index is 4.34. The monoisotopic (exact) mass is 257 g/mol. The Hall–Kier alpha value is -1.32. The summed E-state index contributed by atoms with van der Waals surface area (Å²) in [6, 6.07) is 17.0. The first-order valence-electron chi connectivity index (χ1n) is 5.42. The Morgan fingerprint density at radius 3 is 2.82 bits per heavy atom. The highest BCUT2D eigenvalue weighted by molar-refractivity contribution is 7.98. The summed E-state index contributed by atoms with van der Waals surface area (Å²) in [6.07, 6.45) is 0. The van der Waals surface area contributed by atoms with Gasteiger partial charge in [-0.3, -0.25) is 0 Å². The van der Waals surface area contributed by atoms with Gasteiger partial charge in [-0.25, -0.2) is 4.98 Å². The standard InChI is InChI=1S/C14H11NS2/c1-2-4-11(5-3-1)9-16-12-6-7-14-13(8-12)15-10-17-14/h1-8,10H,9H2. The number of thioether (sulfide) groups is 1. The van der Waals surface area contributed by atoms with E-state index in [-0.39, 0.29) is 0 Å². The van der Waals surface area contributed by atoms with Gasteiger partial charge in [0.05, 0.1) is 15.7 Å². The summed E-state index contributed by atoms with van der Waals surface area (Å²) in [5.74, 6) is 1.01. The van der Waals surface area contributed by atoms with E-state index >= 15 is 0 Å². The van der Waals surface area contributed by atoms with Gasteiger partial charge in [0.15, 0.2) is 0 Å². The molecule has 0 N–H and O–H groups in total. The van der Waals surface area contributed by atoms with Gasteiger partial charge in [0.2, 0.25) is 0 Å². The molecule has 0 unspecified atom stereocenters. The van der Waals surface area contributed by atoms with Crippen molar-refractivity contribution in [1.29, 1.82) is 0 Å². The summed E-state index contributed by atoms with van der Waals surface area (Å²) in [4.78, 5) is 5.62. The van der Waals surface area contributed by atoms with Gasteiger partial charge >= 0.3 is 0 Å². The highest BCUT2D eigenvalue weighted by Gasteiger charge is 2.00. The summed E-state index contributed by atoms with van der Waals surface area (Å²) in [6.45, 7) is 0. The van der Waals surface area contributed by atoms with Crippen LogP contribution in [0.15, 0.2) is 58.9 Å². The lowest BCUT2D eigenvalue weighted by molar-refractivity contribution is 1.38. The molecule has 0 amide bonds. The summed E-state index contributed by atoms with van der Waals surface area (Å²) in [5, 5.41) is 0. The van der Waals surface area contributed by atoms with Gasteiger partial charge in [-0.1, -0.05) is 30.3 Å². The van der Waals surface area contributed by atoms with Crippen LogP contribution in [-0.4, -0.2) is 4.98 Å². The molecule has 0 aliphatic carbocycles. The second-order valence-corrected chi connectivity index (χ2v) is 5.69. The normalized spacial score (nSPS) is 10.8. The van der Waals surface area contributed by atoms with Crippen LogP contribution in [0.5, 0.6) is 0 Å². The number of benzene rings is 2. The van der Waals surface area contributed by atoms with E-state index in [4.69, 9.17) is 0 Å². The molecule has 0 atom stereocenters. The molecular formula is C14H11NS2. The van der Waals surface area contributed by atoms with Gasteiger partial charge < -0.3 is 0 Å². The van der Waals surface area contributed by atoms with Crippen LogP contribution < -0.4 is 0 Å². The molecule has 0 saturated carbocycles. The Morgan fingerprint density at radius 2 is 1.94 bits per heavy atom. The van der Waals surface area contributed by atoms with Crippen LogP contribution >= 0.6 is 23.1 Å². The summed E-state index contributed by atoms with van der Waals surface area (Å²) in [7, 11) is 0. The Morgan fingerprint density at radius 1 is 1.06 bits per heavy atom. The molecule has 0 radical (unpaired) electrons. The minimum absolute atomic E-state index is 1.01. The van der Waals surface area contributed by atoms with Gasteiger partial charge in [0.25, 0.3) is 0 Å². The minimum atomic E-state index is 1.01. The predicted molar refractivity (Wildman–Crippen MR) is 75.6 cm³/mol. The fourth-order valence-electron chi connectivity index (χ4n) is 1.67. The average Bonchev–Trinajstić information content (AvgIpc) is 2.85. The van der Waals surface area contributed by atoms with Crippen molar-refractivity contribution in [3.05, 3.63) is 59.6 Å². The summed E-state index contributed by atoms with van der Waals surface area (Å²) >= 11 is 3.55. The smallest absolute Gasteiger partial charge is 0.0823 e. The number of hydrogen-bond donors (Lipinski definition) is 0. The lowest BCUT2D eigenvalue weighted by Crippen LogP contribution is -1.79. The molecule has 0 aliphatic rings. The van der Waals surface area contributed by atoms with Gasteiger partial charge in [-0.2, -0.15) is 0 Å². The van der Waals surface area contributed by atoms with Crippen LogP contribution in [0.3, 0.4) is 0 Å². The molecule has 0 bridgehead atoms. The molecule has 0 fully saturated rings. The Bertz CT molecular complexity index is 616. The molecule has 1 heterocycles. The van der Waals surface area contributed by atoms with Gasteiger partial charge in [0, 0.05) is 10.6 Å². The van der Waals surface area contributed by atoms with E-state index in [9.17, 15) is 0 Å². The van der Waals surface area contributed by atoms with Gasteiger partial charge in [-0.15, -0.1) is 23.1 Å². The van der Waals surface area contributed by atoms with Crippen molar-refractivity contribution in [2.75, 3.05) is 0 Å². The Labute approximate surface area is 109 Å². The van der Waals surface area contributed by atoms with Crippen LogP contribution in [0, 0.1) is 0 Å². The Kier molecular flexibility index (Phi) is 3.12. The van der Waals surface area contributed by atoms with E-state index in [1.807, 2.05) is 17.3 Å². The van der Waals surface area contributed by atoms with E-state index in [2.05, 4.69) is 53.5 Å². The first-order chi connectivity index (χ1) is 8.42. The fraction of sp³-hybridized carbons (Fsp3) is 0.0714. The second kappa shape index (κ2) is 4.90. The van der Waals surface area contributed by atoms with Crippen molar-refractivity contribution in [3.63, 3.8) is 0 Å². The van der Waals surface area contributed by atoms with Crippen molar-refractivity contribution >= 4 is 33.3 Å². The number of hydrogen-bond acceptors (Lipinski definition) is 3. The van der Waals surface area contributed by atoms with Crippen LogP contribution in [0.2, 0.25) is 0 Å². The first kappa shape index (κ1) is 10.8. The Balaban J connectivity index is 1.76. The minimum Gasteiger partial charge on any atom is -0.245 e. The third-order valence-corrected chi connectivity index (χ3v) is 4.43. The SMILES string of the molecule is c1ccc(CSc2ccc3scnc3c2)cc1. The van der Waals surface area contributed by atoms with Crippen molar-refractivity contribution in [3.8, 4) is 0 Å².